The molecule has 0 aliphatic carbocycles. The van der Waals surface area contributed by atoms with Gasteiger partial charge in [-0.05, 0) is 73.8 Å². The van der Waals surface area contributed by atoms with Crippen LogP contribution < -0.4 is 5.32 Å². The van der Waals surface area contributed by atoms with E-state index in [2.05, 4.69) is 16.4 Å². The fourth-order valence-corrected chi connectivity index (χ4v) is 6.70. The molecule has 5 rings (SSSR count). The number of carbonyl (C=O) groups excluding carboxylic acids is 1. The summed E-state index contributed by atoms with van der Waals surface area (Å²) in [6.45, 7) is 0.495. The number of aliphatic carboxylic acids is 1. The minimum absolute atomic E-state index is 0.00255. The van der Waals surface area contributed by atoms with Gasteiger partial charge in [-0.1, -0.05) is 36.4 Å². The Bertz CT molecular complexity index is 1480. The van der Waals surface area contributed by atoms with Gasteiger partial charge in [0.2, 0.25) is 5.89 Å². The van der Waals surface area contributed by atoms with Crippen LogP contribution in [0.1, 0.15) is 71.1 Å². The zero-order valence-corrected chi connectivity index (χ0v) is 23.9. The highest BCUT2D eigenvalue weighted by Crippen LogP contribution is 2.50. The minimum Gasteiger partial charge on any atom is -0.481 e. The highest BCUT2D eigenvalue weighted by Gasteiger charge is 2.51. The van der Waals surface area contributed by atoms with Gasteiger partial charge in [-0.3, -0.25) is 9.59 Å². The second-order valence-electron chi connectivity index (χ2n) is 11.0. The average molecular weight is 581 g/mol. The van der Waals surface area contributed by atoms with Gasteiger partial charge in [0.05, 0.1) is 23.0 Å². The van der Waals surface area contributed by atoms with Crippen molar-refractivity contribution in [3.8, 4) is 0 Å². The fourth-order valence-electron chi connectivity index (χ4n) is 6.07. The number of sulfone groups is 1. The first-order valence-corrected chi connectivity index (χ1v) is 16.0. The van der Waals surface area contributed by atoms with Gasteiger partial charge in [0.1, 0.15) is 6.26 Å². The molecule has 218 valence electrons. The van der Waals surface area contributed by atoms with Gasteiger partial charge < -0.3 is 19.6 Å². The Morgan fingerprint density at radius 1 is 1.00 bits per heavy atom. The molecular formula is C31H36N2O7S. The maximum Gasteiger partial charge on any atom is 0.303 e. The zero-order valence-electron chi connectivity index (χ0n) is 23.1. The van der Waals surface area contributed by atoms with Crippen LogP contribution in [0.5, 0.6) is 0 Å². The molecule has 2 aliphatic heterocycles. The van der Waals surface area contributed by atoms with Gasteiger partial charge >= 0.3 is 5.97 Å². The second kappa shape index (κ2) is 12.6. The van der Waals surface area contributed by atoms with E-state index in [0.29, 0.717) is 23.8 Å². The highest BCUT2D eigenvalue weighted by molar-refractivity contribution is 7.90. The number of nitrogens with zero attached hydrogens (tertiary/aromatic N) is 1. The summed E-state index contributed by atoms with van der Waals surface area (Å²) in [4.78, 5) is 28.8. The largest absolute Gasteiger partial charge is 0.481 e. The van der Waals surface area contributed by atoms with Crippen LogP contribution in [-0.2, 0) is 38.6 Å². The predicted octanol–water partition coefficient (Wildman–Crippen LogP) is 4.35. The van der Waals surface area contributed by atoms with Crippen molar-refractivity contribution in [3.05, 3.63) is 83.1 Å². The Hall–Kier alpha value is -3.50. The van der Waals surface area contributed by atoms with Crippen molar-refractivity contribution in [2.45, 2.75) is 74.4 Å². The number of rotatable bonds is 13. The number of carbonyl (C=O) groups is 2. The Labute approximate surface area is 240 Å². The molecule has 2 N–H and O–H groups in total. The first-order chi connectivity index (χ1) is 19.7. The highest BCUT2D eigenvalue weighted by atomic mass is 32.2. The minimum atomic E-state index is -3.20. The molecule has 2 bridgehead atoms. The van der Waals surface area contributed by atoms with E-state index in [0.717, 1.165) is 55.2 Å². The Kier molecular flexibility index (Phi) is 8.89. The molecule has 2 fully saturated rings. The Balaban J connectivity index is 1.15. The number of carboxylic acid groups (broad SMARTS) is 1. The SMILES string of the molecule is CS(=O)(=O)c1ccc(CCCCNC(=O)c2coc(C3C4CCC(O4)C3Cc3ccccc3CCC(=O)O)n2)cc1. The third-order valence-corrected chi connectivity index (χ3v) is 9.30. The van der Waals surface area contributed by atoms with Crippen molar-refractivity contribution < 1.29 is 32.3 Å². The number of carboxylic acids is 1. The van der Waals surface area contributed by atoms with Gasteiger partial charge in [0.15, 0.2) is 15.5 Å². The van der Waals surface area contributed by atoms with E-state index >= 15 is 0 Å². The van der Waals surface area contributed by atoms with Gasteiger partial charge in [0, 0.05) is 25.1 Å². The lowest BCUT2D eigenvalue weighted by molar-refractivity contribution is -0.136. The molecule has 2 saturated heterocycles. The van der Waals surface area contributed by atoms with Crippen LogP contribution in [-0.4, -0.2) is 55.4 Å². The summed E-state index contributed by atoms with van der Waals surface area (Å²) < 4.78 is 35.3. The smallest absolute Gasteiger partial charge is 0.303 e. The van der Waals surface area contributed by atoms with Gasteiger partial charge in [0.25, 0.3) is 5.91 Å². The van der Waals surface area contributed by atoms with Crippen LogP contribution in [0.2, 0.25) is 0 Å². The van der Waals surface area contributed by atoms with E-state index < -0.39 is 15.8 Å². The van der Waals surface area contributed by atoms with Gasteiger partial charge in [-0.15, -0.1) is 0 Å². The Morgan fingerprint density at radius 3 is 2.46 bits per heavy atom. The fraction of sp³-hybridized carbons (Fsp3) is 0.452. The first kappa shape index (κ1) is 29.0. The van der Waals surface area contributed by atoms with Crippen molar-refractivity contribution in [2.24, 2.45) is 5.92 Å². The first-order valence-electron chi connectivity index (χ1n) is 14.2. The van der Waals surface area contributed by atoms with Crippen LogP contribution in [0, 0.1) is 5.92 Å². The number of amides is 1. The van der Waals surface area contributed by atoms with E-state index in [9.17, 15) is 18.0 Å². The topological polar surface area (TPSA) is 136 Å². The molecule has 1 amide bonds. The normalized spacial score (nSPS) is 21.7. The number of aryl methyl sites for hydroxylation is 2. The van der Waals surface area contributed by atoms with E-state index in [1.165, 1.54) is 12.5 Å². The number of fused-ring (bicyclic) bond motifs is 2. The molecule has 4 atom stereocenters. The van der Waals surface area contributed by atoms with E-state index in [1.807, 2.05) is 30.3 Å². The second-order valence-corrected chi connectivity index (χ2v) is 13.1. The van der Waals surface area contributed by atoms with Crippen LogP contribution in [0.3, 0.4) is 0 Å². The maximum absolute atomic E-state index is 12.8. The molecular weight excluding hydrogens is 544 g/mol. The number of unbranched alkanes of at least 4 members (excludes halogenated alkanes) is 1. The quantitative estimate of drug-likeness (QED) is 0.285. The number of ether oxygens (including phenoxy) is 1. The van der Waals surface area contributed by atoms with E-state index in [4.69, 9.17) is 14.3 Å². The van der Waals surface area contributed by atoms with Gasteiger partial charge in [-0.2, -0.15) is 0 Å². The molecule has 2 aromatic carbocycles. The summed E-state index contributed by atoms with van der Waals surface area (Å²) >= 11 is 0. The number of oxazole rings is 1. The molecule has 0 radical (unpaired) electrons. The summed E-state index contributed by atoms with van der Waals surface area (Å²) in [5.41, 5.74) is 3.46. The van der Waals surface area contributed by atoms with Crippen molar-refractivity contribution >= 4 is 21.7 Å². The van der Waals surface area contributed by atoms with E-state index in [-0.39, 0.29) is 42.1 Å². The summed E-state index contributed by atoms with van der Waals surface area (Å²) in [6, 6.07) is 14.9. The van der Waals surface area contributed by atoms with Crippen molar-refractivity contribution in [3.63, 3.8) is 0 Å². The van der Waals surface area contributed by atoms with Gasteiger partial charge in [-0.25, -0.2) is 13.4 Å². The molecule has 4 unspecified atom stereocenters. The summed E-state index contributed by atoms with van der Waals surface area (Å²) in [5.74, 6) is -0.490. The number of aromatic nitrogens is 1. The number of benzene rings is 2. The number of hydrogen-bond acceptors (Lipinski definition) is 7. The van der Waals surface area contributed by atoms with Crippen molar-refractivity contribution in [2.75, 3.05) is 12.8 Å². The third-order valence-electron chi connectivity index (χ3n) is 8.18. The predicted molar refractivity (Wildman–Crippen MR) is 152 cm³/mol. The van der Waals surface area contributed by atoms with Crippen molar-refractivity contribution in [1.82, 2.24) is 10.3 Å². The lowest BCUT2D eigenvalue weighted by atomic mass is 9.75. The monoisotopic (exact) mass is 580 g/mol. The van der Waals surface area contributed by atoms with Crippen LogP contribution in [0.25, 0.3) is 0 Å². The molecule has 9 nitrogen and oxygen atoms in total. The Morgan fingerprint density at radius 2 is 1.73 bits per heavy atom. The molecule has 0 saturated carbocycles. The van der Waals surface area contributed by atoms with E-state index in [1.54, 1.807) is 12.1 Å². The van der Waals surface area contributed by atoms with Crippen LogP contribution >= 0.6 is 0 Å². The average Bonchev–Trinajstić information content (AvgIpc) is 3.69. The molecule has 1 aromatic heterocycles. The molecule has 2 aliphatic rings. The van der Waals surface area contributed by atoms with Crippen LogP contribution in [0.15, 0.2) is 64.1 Å². The van der Waals surface area contributed by atoms with Crippen molar-refractivity contribution in [1.29, 1.82) is 0 Å². The number of nitrogens with one attached hydrogen (secondary N) is 1. The zero-order chi connectivity index (χ0) is 29.0. The number of hydrogen-bond donors (Lipinski definition) is 2. The summed E-state index contributed by atoms with van der Waals surface area (Å²) in [6.07, 6.45) is 8.31. The lowest BCUT2D eigenvalue weighted by Gasteiger charge is -2.26. The summed E-state index contributed by atoms with van der Waals surface area (Å²) in [5, 5.41) is 12.1. The molecule has 3 heterocycles. The molecule has 3 aromatic rings. The third kappa shape index (κ3) is 7.05. The molecule has 0 spiro atoms. The molecule has 10 heteroatoms. The summed E-state index contributed by atoms with van der Waals surface area (Å²) in [7, 11) is -3.20. The molecule has 41 heavy (non-hydrogen) atoms. The lowest BCUT2D eigenvalue weighted by Crippen LogP contribution is -2.28. The van der Waals surface area contributed by atoms with Crippen LogP contribution in [0.4, 0.5) is 0 Å². The maximum atomic E-state index is 12.8. The standard InChI is InChI=1S/C31H36N2O7S/c1-41(37,38)23-12-9-20(10-13-23)6-4-5-17-32-30(36)25-19-39-31(33-25)29-24(26-14-15-27(29)40-26)18-22-8-3-2-7-21(22)11-16-28(34)35/h2-3,7-10,12-13,19,24,26-27,29H,4-6,11,14-18H2,1H3,(H,32,36)(H,34,35).